The summed E-state index contributed by atoms with van der Waals surface area (Å²) in [5, 5.41) is 0. The van der Waals surface area contributed by atoms with E-state index in [0.717, 1.165) is 70.5 Å². The SMILES string of the molecule is CCCCCCC1(CCCCCC)c2ccccc2-c2cccc(-c3c4nc(cc5ccc([nH]5)c(-c5cccc6c5C(CCCCCC)(CCCCCC)c5ccccc5-6)c5nc(cc6ccc3[nH]6)C=C5)C=C4)c21. The van der Waals surface area contributed by atoms with Gasteiger partial charge in [-0.25, -0.2) is 9.97 Å². The van der Waals surface area contributed by atoms with Crippen molar-refractivity contribution in [1.82, 2.24) is 19.9 Å². The fourth-order valence-electron chi connectivity index (χ4n) is 13.9. The third-order valence-electron chi connectivity index (χ3n) is 17.3. The van der Waals surface area contributed by atoms with Crippen LogP contribution < -0.4 is 0 Å². The van der Waals surface area contributed by atoms with E-state index in [1.807, 2.05) is 0 Å². The summed E-state index contributed by atoms with van der Waals surface area (Å²) in [7, 11) is 0. The smallest absolute Gasteiger partial charge is 0.0737 e. The number of nitrogens with one attached hydrogen (secondary N) is 2. The second kappa shape index (κ2) is 22.1. The van der Waals surface area contributed by atoms with Gasteiger partial charge in [0.2, 0.25) is 0 Å². The number of hydrogen-bond acceptors (Lipinski definition) is 2. The Labute approximate surface area is 442 Å². The zero-order valence-corrected chi connectivity index (χ0v) is 44.9. The second-order valence-electron chi connectivity index (χ2n) is 22.2. The van der Waals surface area contributed by atoms with Gasteiger partial charge in [0.1, 0.15) is 0 Å². The summed E-state index contributed by atoms with van der Waals surface area (Å²) >= 11 is 0. The lowest BCUT2D eigenvalue weighted by atomic mass is 9.68. The monoisotopic (exact) mass is 975 g/mol. The Morgan fingerprint density at radius 1 is 0.351 bits per heavy atom. The van der Waals surface area contributed by atoms with Gasteiger partial charge in [-0.15, -0.1) is 0 Å². The summed E-state index contributed by atoms with van der Waals surface area (Å²) in [6, 6.07) is 46.4. The zero-order valence-electron chi connectivity index (χ0n) is 44.9. The molecule has 2 aliphatic heterocycles. The van der Waals surface area contributed by atoms with Crippen molar-refractivity contribution in [1.29, 1.82) is 0 Å². The molecule has 5 heterocycles. The minimum absolute atomic E-state index is 0.0781. The summed E-state index contributed by atoms with van der Waals surface area (Å²) in [6.07, 6.45) is 33.6. The normalized spacial score (nSPS) is 14.3. The molecule has 0 spiro atoms. The van der Waals surface area contributed by atoms with Crippen LogP contribution in [-0.4, -0.2) is 19.9 Å². The first-order chi connectivity index (χ1) is 36.5. The van der Waals surface area contributed by atoms with Crippen LogP contribution >= 0.6 is 0 Å². The highest BCUT2D eigenvalue weighted by molar-refractivity contribution is 5.99. The topological polar surface area (TPSA) is 57.4 Å². The van der Waals surface area contributed by atoms with Crippen LogP contribution in [0.1, 0.15) is 201 Å². The maximum Gasteiger partial charge on any atom is 0.0737 e. The highest BCUT2D eigenvalue weighted by atomic mass is 14.8. The highest BCUT2D eigenvalue weighted by Crippen LogP contribution is 2.59. The Kier molecular flexibility index (Phi) is 14.9. The molecule has 8 bridgehead atoms. The van der Waals surface area contributed by atoms with Gasteiger partial charge >= 0.3 is 0 Å². The molecule has 11 rings (SSSR count). The molecule has 2 N–H and O–H groups in total. The molecule has 4 aromatic carbocycles. The molecule has 0 saturated heterocycles. The van der Waals surface area contributed by atoms with Crippen LogP contribution in [0.5, 0.6) is 0 Å². The Morgan fingerprint density at radius 2 is 0.716 bits per heavy atom. The van der Waals surface area contributed by atoms with E-state index in [1.165, 1.54) is 169 Å². The van der Waals surface area contributed by atoms with Crippen molar-refractivity contribution < 1.29 is 0 Å². The van der Waals surface area contributed by atoms with Crippen LogP contribution in [0.25, 0.3) is 90.9 Å². The van der Waals surface area contributed by atoms with Crippen LogP contribution in [0.15, 0.2) is 121 Å². The molecular formula is C70H78N4. The van der Waals surface area contributed by atoms with Gasteiger partial charge < -0.3 is 9.97 Å². The lowest BCUT2D eigenvalue weighted by Gasteiger charge is -2.34. The average molecular weight is 975 g/mol. The molecule has 4 aliphatic rings. The van der Waals surface area contributed by atoms with Crippen LogP contribution in [-0.2, 0) is 10.8 Å². The van der Waals surface area contributed by atoms with Gasteiger partial charge in [0.05, 0.1) is 22.8 Å². The molecule has 3 aromatic heterocycles. The number of benzene rings is 4. The number of fused-ring (bicyclic) bond motifs is 14. The van der Waals surface area contributed by atoms with Gasteiger partial charge in [0, 0.05) is 44.0 Å². The molecule has 0 fully saturated rings. The summed E-state index contributed by atoms with van der Waals surface area (Å²) in [4.78, 5) is 19.0. The third kappa shape index (κ3) is 9.26. The van der Waals surface area contributed by atoms with Crippen LogP contribution in [0.4, 0.5) is 0 Å². The van der Waals surface area contributed by atoms with Crippen LogP contribution in [0.3, 0.4) is 0 Å². The molecule has 0 atom stereocenters. The predicted molar refractivity (Wildman–Crippen MR) is 317 cm³/mol. The van der Waals surface area contributed by atoms with Gasteiger partial charge in [-0.05, 0) is 142 Å². The van der Waals surface area contributed by atoms with Gasteiger partial charge in [-0.1, -0.05) is 215 Å². The Morgan fingerprint density at radius 3 is 1.11 bits per heavy atom. The minimum atomic E-state index is -0.0781. The first-order valence-corrected chi connectivity index (χ1v) is 29.1. The Hall–Kier alpha value is -6.52. The number of aromatic amines is 2. The predicted octanol–water partition coefficient (Wildman–Crippen LogP) is 20.4. The van der Waals surface area contributed by atoms with E-state index >= 15 is 0 Å². The van der Waals surface area contributed by atoms with Gasteiger partial charge in [-0.2, -0.15) is 0 Å². The lowest BCUT2D eigenvalue weighted by molar-refractivity contribution is 0.402. The largest absolute Gasteiger partial charge is 0.355 e. The van der Waals surface area contributed by atoms with E-state index in [-0.39, 0.29) is 10.8 Å². The lowest BCUT2D eigenvalue weighted by Crippen LogP contribution is -2.26. The number of unbranched alkanes of at least 4 members (excludes halogenated alkanes) is 12. The second-order valence-corrected chi connectivity index (χ2v) is 22.2. The molecule has 7 aromatic rings. The average Bonchev–Trinajstić information content (AvgIpc) is 4.35. The van der Waals surface area contributed by atoms with E-state index in [2.05, 4.69) is 183 Å². The van der Waals surface area contributed by atoms with Crippen molar-refractivity contribution >= 4 is 46.4 Å². The molecule has 0 unspecified atom stereocenters. The van der Waals surface area contributed by atoms with Crippen molar-refractivity contribution in [2.24, 2.45) is 0 Å². The standard InChI is InChI=1S/C70H78N4/c1-5-9-13-21-43-69(44-22-14-10-6-2)59-33-19-17-27-53(59)55-29-25-31-57(67(55)69)65-61-39-35-49(71-61)47-51-37-41-63(73-51)66(64-42-38-52(74-64)48-50-36-40-62(65)72-50)58-32-26-30-56-54-28-18-20-34-60(54)70(68(56)58,45-23-15-11-7-3)46-24-16-12-8-4/h17-20,25-42,47-48,71,74H,5-16,21-24,43-46H2,1-4H3. The zero-order chi connectivity index (χ0) is 50.5. The van der Waals surface area contributed by atoms with Gasteiger partial charge in [0.15, 0.2) is 0 Å². The maximum atomic E-state index is 5.56. The molecule has 4 nitrogen and oxygen atoms in total. The molecule has 378 valence electrons. The summed E-state index contributed by atoms with van der Waals surface area (Å²) in [5.41, 5.74) is 24.5. The highest BCUT2D eigenvalue weighted by Gasteiger charge is 2.46. The van der Waals surface area contributed by atoms with Crippen molar-refractivity contribution in [3.05, 3.63) is 166 Å². The number of hydrogen-bond donors (Lipinski definition) is 2. The fraction of sp³-hybridized carbons (Fsp3) is 0.371. The number of H-pyrrole nitrogens is 2. The molecule has 74 heavy (non-hydrogen) atoms. The first kappa shape index (κ1) is 49.7. The molecule has 2 aliphatic carbocycles. The van der Waals surface area contributed by atoms with Crippen molar-refractivity contribution in [2.45, 2.75) is 167 Å². The summed E-state index contributed by atoms with van der Waals surface area (Å²) in [5.74, 6) is 0. The van der Waals surface area contributed by atoms with E-state index in [1.54, 1.807) is 0 Å². The maximum absolute atomic E-state index is 5.56. The molecule has 0 amide bonds. The Balaban J connectivity index is 1.11. The minimum Gasteiger partial charge on any atom is -0.355 e. The van der Waals surface area contributed by atoms with E-state index in [4.69, 9.17) is 9.97 Å². The molecule has 0 radical (unpaired) electrons. The first-order valence-electron chi connectivity index (χ1n) is 29.1. The quantitative estimate of drug-likeness (QED) is 0.0665. The van der Waals surface area contributed by atoms with Gasteiger partial charge in [0.25, 0.3) is 0 Å². The number of rotatable bonds is 22. The number of aromatic nitrogens is 4. The third-order valence-corrected chi connectivity index (χ3v) is 17.3. The molecular weight excluding hydrogens is 897 g/mol. The van der Waals surface area contributed by atoms with E-state index < -0.39 is 0 Å². The van der Waals surface area contributed by atoms with Crippen LogP contribution in [0, 0.1) is 0 Å². The van der Waals surface area contributed by atoms with Crippen molar-refractivity contribution in [3.8, 4) is 44.5 Å². The van der Waals surface area contributed by atoms with Gasteiger partial charge in [-0.3, -0.25) is 0 Å². The summed E-state index contributed by atoms with van der Waals surface area (Å²) < 4.78 is 0. The van der Waals surface area contributed by atoms with E-state index in [0.29, 0.717) is 0 Å². The Bertz CT molecular complexity index is 3120. The molecule has 4 heteroatoms. The summed E-state index contributed by atoms with van der Waals surface area (Å²) in [6.45, 7) is 9.31. The number of nitrogens with zero attached hydrogens (tertiary/aromatic N) is 2. The van der Waals surface area contributed by atoms with Crippen molar-refractivity contribution in [3.63, 3.8) is 0 Å². The van der Waals surface area contributed by atoms with Crippen molar-refractivity contribution in [2.75, 3.05) is 0 Å². The van der Waals surface area contributed by atoms with Crippen LogP contribution in [0.2, 0.25) is 0 Å². The van der Waals surface area contributed by atoms with E-state index in [9.17, 15) is 0 Å². The molecule has 0 saturated carbocycles. The fourth-order valence-corrected chi connectivity index (χ4v) is 13.9.